The number of carbonyl (C=O) groups is 1. The number of hydrogen-bond donors (Lipinski definition) is 1. The quantitative estimate of drug-likeness (QED) is 0.677. The smallest absolute Gasteiger partial charge is 0.313 e. The zero-order valence-electron chi connectivity index (χ0n) is 13.0. The van der Waals surface area contributed by atoms with E-state index in [9.17, 15) is 4.79 Å². The summed E-state index contributed by atoms with van der Waals surface area (Å²) < 4.78 is 0. The number of thiophene rings is 1. The number of aliphatic carboxylic acids is 1. The lowest BCUT2D eigenvalue weighted by Gasteiger charge is -2.33. The Morgan fingerprint density at radius 3 is 2.91 bits per heavy atom. The second kappa shape index (κ2) is 5.81. The molecule has 2 heterocycles. The minimum Gasteiger partial charge on any atom is -0.481 e. The molecule has 118 valence electrons. The first kappa shape index (κ1) is 15.7. The van der Waals surface area contributed by atoms with Crippen molar-refractivity contribution in [3.05, 3.63) is 16.8 Å². The Bertz CT molecular complexity index is 719. The summed E-state index contributed by atoms with van der Waals surface area (Å²) in [7, 11) is 0. The fourth-order valence-electron chi connectivity index (χ4n) is 3.06. The van der Waals surface area contributed by atoms with Gasteiger partial charge in [0.1, 0.15) is 16.2 Å². The molecule has 0 aromatic carbocycles. The third kappa shape index (κ3) is 2.99. The predicted octanol–water partition coefficient (Wildman–Crippen LogP) is 4.02. The molecular formula is C16H20N2O2S2. The molecule has 4 nitrogen and oxygen atoms in total. The van der Waals surface area contributed by atoms with Crippen molar-refractivity contribution >= 4 is 39.3 Å². The first-order chi connectivity index (χ1) is 10.4. The number of hydrogen-bond acceptors (Lipinski definition) is 5. The fourth-order valence-corrected chi connectivity index (χ4v) is 5.14. The number of thioether (sulfide) groups is 1. The summed E-state index contributed by atoms with van der Waals surface area (Å²) in [5.41, 5.74) is 1.68. The van der Waals surface area contributed by atoms with Gasteiger partial charge in [-0.25, -0.2) is 9.97 Å². The van der Waals surface area contributed by atoms with Gasteiger partial charge in [0.25, 0.3) is 0 Å². The van der Waals surface area contributed by atoms with Crippen molar-refractivity contribution in [2.75, 3.05) is 5.75 Å². The summed E-state index contributed by atoms with van der Waals surface area (Å²) in [5, 5.41) is 10.8. The Balaban J connectivity index is 1.99. The maximum Gasteiger partial charge on any atom is 0.313 e. The number of aromatic nitrogens is 2. The molecule has 1 aliphatic rings. The molecule has 0 fully saturated rings. The molecule has 0 saturated heterocycles. The molecule has 2 aromatic heterocycles. The second-order valence-corrected chi connectivity index (χ2v) is 8.90. The lowest BCUT2D eigenvalue weighted by molar-refractivity contribution is -0.133. The number of carboxylic acids is 1. The molecule has 6 heteroatoms. The molecule has 1 N–H and O–H groups in total. The third-order valence-corrected chi connectivity index (χ3v) is 6.50. The molecule has 1 aliphatic carbocycles. The first-order valence-corrected chi connectivity index (χ1v) is 9.26. The van der Waals surface area contributed by atoms with Crippen LogP contribution in [0.2, 0.25) is 0 Å². The standard InChI is InChI=1S/C16H20N2O2S2/c1-16(2,3)9-4-5-10-11(6-9)22-15-13(10)14(17-8-18-15)21-7-12(19)20/h8-9H,4-7H2,1-3H3,(H,19,20). The van der Waals surface area contributed by atoms with E-state index < -0.39 is 5.97 Å². The minimum atomic E-state index is -0.811. The van der Waals surface area contributed by atoms with Gasteiger partial charge in [-0.3, -0.25) is 4.79 Å². The van der Waals surface area contributed by atoms with Crippen molar-refractivity contribution in [1.82, 2.24) is 9.97 Å². The van der Waals surface area contributed by atoms with Crippen molar-refractivity contribution in [1.29, 1.82) is 0 Å². The van der Waals surface area contributed by atoms with Crippen LogP contribution in [-0.2, 0) is 17.6 Å². The van der Waals surface area contributed by atoms with E-state index in [2.05, 4.69) is 30.7 Å². The van der Waals surface area contributed by atoms with Gasteiger partial charge >= 0.3 is 5.97 Å². The predicted molar refractivity (Wildman–Crippen MR) is 90.7 cm³/mol. The summed E-state index contributed by atoms with van der Waals surface area (Å²) in [6.45, 7) is 6.93. The monoisotopic (exact) mass is 336 g/mol. The average Bonchev–Trinajstić information content (AvgIpc) is 2.82. The number of fused-ring (bicyclic) bond motifs is 3. The zero-order chi connectivity index (χ0) is 15.9. The van der Waals surface area contributed by atoms with Crippen LogP contribution >= 0.6 is 23.1 Å². The van der Waals surface area contributed by atoms with Crippen LogP contribution in [-0.4, -0.2) is 26.8 Å². The van der Waals surface area contributed by atoms with Crippen LogP contribution in [0.15, 0.2) is 11.4 Å². The first-order valence-electron chi connectivity index (χ1n) is 7.46. The van der Waals surface area contributed by atoms with E-state index in [4.69, 9.17) is 5.11 Å². The van der Waals surface area contributed by atoms with E-state index in [1.807, 2.05) is 0 Å². The summed E-state index contributed by atoms with van der Waals surface area (Å²) in [5.74, 6) is -0.0776. The van der Waals surface area contributed by atoms with E-state index in [1.54, 1.807) is 17.7 Å². The minimum absolute atomic E-state index is 0.0430. The summed E-state index contributed by atoms with van der Waals surface area (Å²) in [4.78, 5) is 22.0. The highest BCUT2D eigenvalue weighted by Gasteiger charge is 2.31. The van der Waals surface area contributed by atoms with Gasteiger partial charge in [0.15, 0.2) is 0 Å². The lowest BCUT2D eigenvalue weighted by Crippen LogP contribution is -2.26. The van der Waals surface area contributed by atoms with Crippen molar-refractivity contribution in [2.24, 2.45) is 11.3 Å². The summed E-state index contributed by atoms with van der Waals surface area (Å²) in [6.07, 6.45) is 4.88. The van der Waals surface area contributed by atoms with Crippen LogP contribution in [0, 0.1) is 11.3 Å². The maximum absolute atomic E-state index is 10.8. The Kier molecular flexibility index (Phi) is 4.16. The lowest BCUT2D eigenvalue weighted by atomic mass is 9.72. The molecule has 0 radical (unpaired) electrons. The van der Waals surface area contributed by atoms with Crippen LogP contribution in [0.25, 0.3) is 10.2 Å². The summed E-state index contributed by atoms with van der Waals surface area (Å²) >= 11 is 3.05. The van der Waals surface area contributed by atoms with Gasteiger partial charge in [-0.05, 0) is 36.2 Å². The highest BCUT2D eigenvalue weighted by atomic mass is 32.2. The molecule has 1 unspecified atom stereocenters. The zero-order valence-corrected chi connectivity index (χ0v) is 14.7. The van der Waals surface area contributed by atoms with Crippen LogP contribution in [0.3, 0.4) is 0 Å². The van der Waals surface area contributed by atoms with Crippen LogP contribution in [0.4, 0.5) is 0 Å². The van der Waals surface area contributed by atoms with E-state index in [0.29, 0.717) is 11.3 Å². The summed E-state index contributed by atoms with van der Waals surface area (Å²) in [6, 6.07) is 0. The van der Waals surface area contributed by atoms with Crippen molar-refractivity contribution in [3.63, 3.8) is 0 Å². The van der Waals surface area contributed by atoms with Gasteiger partial charge in [0.05, 0.1) is 5.75 Å². The van der Waals surface area contributed by atoms with Crippen molar-refractivity contribution in [2.45, 2.75) is 45.1 Å². The average molecular weight is 336 g/mol. The Morgan fingerprint density at radius 1 is 1.45 bits per heavy atom. The normalized spacial score (nSPS) is 18.4. The SMILES string of the molecule is CC(C)(C)C1CCc2c(sc3ncnc(SCC(=O)O)c23)C1. The van der Waals surface area contributed by atoms with Gasteiger partial charge in [-0.1, -0.05) is 32.5 Å². The third-order valence-electron chi connectivity index (χ3n) is 4.37. The molecule has 1 atom stereocenters. The molecular weight excluding hydrogens is 316 g/mol. The Labute approximate surface area is 138 Å². The fraction of sp³-hybridized carbons (Fsp3) is 0.562. The van der Waals surface area contributed by atoms with Crippen LogP contribution in [0.1, 0.15) is 37.6 Å². The van der Waals surface area contributed by atoms with E-state index in [1.165, 1.54) is 28.6 Å². The number of rotatable bonds is 3. The van der Waals surface area contributed by atoms with Gasteiger partial charge in [0.2, 0.25) is 0 Å². The van der Waals surface area contributed by atoms with Crippen LogP contribution < -0.4 is 0 Å². The highest BCUT2D eigenvalue weighted by molar-refractivity contribution is 8.00. The molecule has 0 spiro atoms. The molecule has 0 amide bonds. The number of nitrogens with zero attached hydrogens (tertiary/aromatic N) is 2. The topological polar surface area (TPSA) is 63.1 Å². The molecule has 22 heavy (non-hydrogen) atoms. The van der Waals surface area contributed by atoms with Gasteiger partial charge in [-0.15, -0.1) is 11.3 Å². The second-order valence-electron chi connectivity index (χ2n) is 6.85. The van der Waals surface area contributed by atoms with Gasteiger partial charge in [-0.2, -0.15) is 0 Å². The molecule has 3 rings (SSSR count). The largest absolute Gasteiger partial charge is 0.481 e. The maximum atomic E-state index is 10.8. The molecule has 0 saturated carbocycles. The van der Waals surface area contributed by atoms with Crippen molar-refractivity contribution in [3.8, 4) is 0 Å². The highest BCUT2D eigenvalue weighted by Crippen LogP contribution is 2.44. The number of aryl methyl sites for hydroxylation is 1. The van der Waals surface area contributed by atoms with Crippen LogP contribution in [0.5, 0.6) is 0 Å². The molecule has 0 aliphatic heterocycles. The number of carboxylic acid groups (broad SMARTS) is 1. The van der Waals surface area contributed by atoms with Gasteiger partial charge in [0, 0.05) is 10.3 Å². The van der Waals surface area contributed by atoms with E-state index in [-0.39, 0.29) is 5.75 Å². The van der Waals surface area contributed by atoms with E-state index in [0.717, 1.165) is 28.1 Å². The Morgan fingerprint density at radius 2 is 2.23 bits per heavy atom. The van der Waals surface area contributed by atoms with Crippen molar-refractivity contribution < 1.29 is 9.90 Å². The van der Waals surface area contributed by atoms with Gasteiger partial charge < -0.3 is 5.11 Å². The Hall–Kier alpha value is -1.14. The van der Waals surface area contributed by atoms with E-state index >= 15 is 0 Å². The molecule has 0 bridgehead atoms. The molecule has 2 aromatic rings.